The lowest BCUT2D eigenvalue weighted by atomic mass is 9.84. The highest BCUT2D eigenvalue weighted by Crippen LogP contribution is 2.40. The van der Waals surface area contributed by atoms with Crippen molar-refractivity contribution in [2.75, 3.05) is 20.2 Å². The monoisotopic (exact) mass is 559 g/mol. The summed E-state index contributed by atoms with van der Waals surface area (Å²) in [7, 11) is 1.57. The SMILES string of the molecule is CCOc1cc2c(cc1C(=O)NC)C(=NBr)N(CC(=O)c1cc(OC(C)C)c(O)c(C(C)(C)C)c1)C2. The zero-order chi connectivity index (χ0) is 26.8. The standard InChI is InChI=1S/C27H34BrN3O5/c1-8-35-22-11-17-13-31(25(30-28)18(17)12-19(22)26(34)29-7)14-21(32)16-9-20(27(4,5)6)24(33)23(10-16)36-15(2)3/h9-12,15,33H,8,13-14H2,1-7H3,(H,29,34). The van der Waals surface area contributed by atoms with Crippen LogP contribution < -0.4 is 14.8 Å². The third-order valence-corrected chi connectivity index (χ3v) is 6.20. The number of ether oxygens (including phenoxy) is 2. The molecular formula is C27H34BrN3O5. The summed E-state index contributed by atoms with van der Waals surface area (Å²) in [5, 5.41) is 13.4. The predicted molar refractivity (Wildman–Crippen MR) is 144 cm³/mol. The number of nitrogens with zero attached hydrogens (tertiary/aromatic N) is 2. The van der Waals surface area contributed by atoms with Crippen LogP contribution >= 0.6 is 16.1 Å². The van der Waals surface area contributed by atoms with Crippen molar-refractivity contribution in [3.8, 4) is 17.2 Å². The zero-order valence-corrected chi connectivity index (χ0v) is 23.4. The molecule has 0 aromatic heterocycles. The summed E-state index contributed by atoms with van der Waals surface area (Å²) in [6.45, 7) is 12.4. The van der Waals surface area contributed by atoms with Gasteiger partial charge in [0, 0.05) is 30.3 Å². The van der Waals surface area contributed by atoms with Crippen molar-refractivity contribution >= 4 is 33.7 Å². The first kappa shape index (κ1) is 27.5. The smallest absolute Gasteiger partial charge is 0.254 e. The molecule has 8 nitrogen and oxygen atoms in total. The van der Waals surface area contributed by atoms with Crippen LogP contribution in [0.25, 0.3) is 0 Å². The molecule has 1 aliphatic heterocycles. The van der Waals surface area contributed by atoms with E-state index in [4.69, 9.17) is 9.47 Å². The number of phenolic OH excluding ortho intramolecular Hbond substituents is 1. The third-order valence-electron chi connectivity index (χ3n) is 5.86. The second kappa shape index (κ2) is 10.9. The van der Waals surface area contributed by atoms with E-state index in [1.807, 2.05) is 52.5 Å². The average molecular weight is 560 g/mol. The van der Waals surface area contributed by atoms with E-state index in [1.165, 1.54) is 0 Å². The molecule has 0 spiro atoms. The number of carbonyl (C=O) groups is 2. The van der Waals surface area contributed by atoms with Crippen LogP contribution in [0.15, 0.2) is 28.3 Å². The average Bonchev–Trinajstić information content (AvgIpc) is 3.13. The summed E-state index contributed by atoms with van der Waals surface area (Å²) < 4.78 is 15.8. The summed E-state index contributed by atoms with van der Waals surface area (Å²) >= 11 is 3.20. The van der Waals surface area contributed by atoms with E-state index in [0.29, 0.717) is 41.4 Å². The van der Waals surface area contributed by atoms with Gasteiger partial charge in [-0.15, -0.1) is 0 Å². The molecule has 2 N–H and O–H groups in total. The molecule has 0 saturated heterocycles. The second-order valence-electron chi connectivity index (χ2n) is 9.99. The molecule has 9 heteroatoms. The van der Waals surface area contributed by atoms with E-state index < -0.39 is 5.41 Å². The Balaban J connectivity index is 1.97. The van der Waals surface area contributed by atoms with Gasteiger partial charge in [0.25, 0.3) is 5.91 Å². The Labute approximate surface area is 221 Å². The molecule has 1 amide bonds. The summed E-state index contributed by atoms with van der Waals surface area (Å²) in [6, 6.07) is 6.91. The quantitative estimate of drug-likeness (QED) is 0.442. The number of fused-ring (bicyclic) bond motifs is 1. The van der Waals surface area contributed by atoms with Crippen LogP contribution in [-0.2, 0) is 12.0 Å². The summed E-state index contributed by atoms with van der Waals surface area (Å²) in [5.74, 6) is 0.973. The normalized spacial score (nSPS) is 14.2. The number of aromatic hydroxyl groups is 1. The van der Waals surface area contributed by atoms with Crippen LogP contribution in [-0.4, -0.2) is 53.8 Å². The van der Waals surface area contributed by atoms with Crippen LogP contribution in [0, 0.1) is 0 Å². The van der Waals surface area contributed by atoms with Gasteiger partial charge in [0.2, 0.25) is 0 Å². The third kappa shape index (κ3) is 5.67. The fourth-order valence-electron chi connectivity index (χ4n) is 4.18. The van der Waals surface area contributed by atoms with Crippen molar-refractivity contribution in [2.45, 2.75) is 59.6 Å². The van der Waals surface area contributed by atoms with Gasteiger partial charge < -0.3 is 24.8 Å². The molecule has 2 aromatic carbocycles. The fourth-order valence-corrected chi connectivity index (χ4v) is 4.59. The van der Waals surface area contributed by atoms with Crippen LogP contribution in [0.1, 0.15) is 78.9 Å². The van der Waals surface area contributed by atoms with E-state index in [0.717, 1.165) is 11.1 Å². The van der Waals surface area contributed by atoms with Crippen molar-refractivity contribution in [2.24, 2.45) is 4.02 Å². The van der Waals surface area contributed by atoms with Gasteiger partial charge in [-0.3, -0.25) is 9.59 Å². The lowest BCUT2D eigenvalue weighted by Gasteiger charge is -2.24. The number of amidine groups is 1. The van der Waals surface area contributed by atoms with E-state index >= 15 is 0 Å². The first-order chi connectivity index (χ1) is 16.9. The molecule has 36 heavy (non-hydrogen) atoms. The molecule has 0 radical (unpaired) electrons. The van der Waals surface area contributed by atoms with Crippen LogP contribution in [0.5, 0.6) is 17.2 Å². The van der Waals surface area contributed by atoms with Crippen LogP contribution in [0.3, 0.4) is 0 Å². The van der Waals surface area contributed by atoms with E-state index in [2.05, 4.69) is 25.5 Å². The number of phenols is 1. The Morgan fingerprint density at radius 3 is 2.44 bits per heavy atom. The number of Topliss-reactive ketones (excluding diaryl/α,β-unsaturated/α-hetero) is 1. The van der Waals surface area contributed by atoms with E-state index in [1.54, 1.807) is 25.2 Å². The number of amides is 1. The summed E-state index contributed by atoms with van der Waals surface area (Å²) in [5.41, 5.74) is 2.75. The number of rotatable bonds is 8. The van der Waals surface area contributed by atoms with Gasteiger partial charge in [0.05, 0.1) is 41.0 Å². The number of halogens is 1. The molecule has 0 aliphatic carbocycles. The minimum Gasteiger partial charge on any atom is -0.504 e. The molecule has 0 unspecified atom stereocenters. The molecule has 0 bridgehead atoms. The van der Waals surface area contributed by atoms with Gasteiger partial charge in [0.1, 0.15) is 11.6 Å². The number of hydrogen-bond donors (Lipinski definition) is 2. The highest BCUT2D eigenvalue weighted by molar-refractivity contribution is 9.08. The maximum absolute atomic E-state index is 13.5. The summed E-state index contributed by atoms with van der Waals surface area (Å²) in [4.78, 5) is 27.8. The maximum Gasteiger partial charge on any atom is 0.254 e. The summed E-state index contributed by atoms with van der Waals surface area (Å²) in [6.07, 6.45) is -0.164. The fraction of sp³-hybridized carbons (Fsp3) is 0.444. The molecule has 194 valence electrons. The highest BCUT2D eigenvalue weighted by atomic mass is 79.9. The van der Waals surface area contributed by atoms with Crippen molar-refractivity contribution < 1.29 is 24.2 Å². The molecule has 1 heterocycles. The Kier molecular flexibility index (Phi) is 8.33. The molecule has 0 atom stereocenters. The lowest BCUT2D eigenvalue weighted by molar-refractivity contribution is 0.0952. The molecule has 1 aliphatic rings. The van der Waals surface area contributed by atoms with Crippen molar-refractivity contribution in [3.05, 3.63) is 52.1 Å². The van der Waals surface area contributed by atoms with Crippen molar-refractivity contribution in [1.82, 2.24) is 10.2 Å². The Bertz CT molecular complexity index is 1200. The largest absolute Gasteiger partial charge is 0.504 e. The van der Waals surface area contributed by atoms with Gasteiger partial charge in [-0.05, 0) is 56.0 Å². The minimum absolute atomic E-state index is 0.0495. The molecule has 0 fully saturated rings. The van der Waals surface area contributed by atoms with Gasteiger partial charge in [-0.2, -0.15) is 4.02 Å². The van der Waals surface area contributed by atoms with Crippen LogP contribution in [0.2, 0.25) is 0 Å². The highest BCUT2D eigenvalue weighted by Gasteiger charge is 2.31. The number of benzene rings is 2. The first-order valence-electron chi connectivity index (χ1n) is 11.9. The van der Waals surface area contributed by atoms with Gasteiger partial charge >= 0.3 is 0 Å². The van der Waals surface area contributed by atoms with Crippen molar-refractivity contribution in [1.29, 1.82) is 0 Å². The Morgan fingerprint density at radius 2 is 1.89 bits per heavy atom. The lowest BCUT2D eigenvalue weighted by Crippen LogP contribution is -2.31. The Hall–Kier alpha value is -3.07. The second-order valence-corrected chi connectivity index (χ2v) is 10.3. The Morgan fingerprint density at radius 1 is 1.19 bits per heavy atom. The van der Waals surface area contributed by atoms with E-state index in [-0.39, 0.29) is 35.8 Å². The van der Waals surface area contributed by atoms with E-state index in [9.17, 15) is 14.7 Å². The maximum atomic E-state index is 13.5. The van der Waals surface area contributed by atoms with Crippen molar-refractivity contribution in [3.63, 3.8) is 0 Å². The minimum atomic E-state index is -0.395. The number of nitrogens with one attached hydrogen (secondary N) is 1. The number of ketones is 1. The number of hydrogen-bond acceptors (Lipinski definition) is 6. The first-order valence-corrected chi connectivity index (χ1v) is 12.7. The van der Waals surface area contributed by atoms with Crippen LogP contribution in [0.4, 0.5) is 0 Å². The molecular weight excluding hydrogens is 526 g/mol. The van der Waals surface area contributed by atoms with Gasteiger partial charge in [-0.1, -0.05) is 20.8 Å². The number of carbonyl (C=O) groups excluding carboxylic acids is 2. The predicted octanol–water partition coefficient (Wildman–Crippen LogP) is 4.99. The topological polar surface area (TPSA) is 100 Å². The molecule has 2 aromatic rings. The van der Waals surface area contributed by atoms with Gasteiger partial charge in [-0.25, -0.2) is 0 Å². The molecule has 0 saturated carbocycles. The zero-order valence-electron chi connectivity index (χ0n) is 21.9. The molecule has 3 rings (SSSR count). The van der Waals surface area contributed by atoms with Gasteiger partial charge in [0.15, 0.2) is 17.3 Å².